The summed E-state index contributed by atoms with van der Waals surface area (Å²) in [5.41, 5.74) is 0. The highest BCUT2D eigenvalue weighted by atomic mass is 32.2. The van der Waals surface area contributed by atoms with Crippen LogP contribution >= 0.6 is 11.8 Å². The fraction of sp³-hybridized carbons (Fsp3) is 0.727. The Hall–Kier alpha value is -1.24. The molecule has 0 heterocycles. The van der Waals surface area contributed by atoms with Gasteiger partial charge in [0.05, 0.1) is 12.8 Å². The van der Waals surface area contributed by atoms with Gasteiger partial charge in [0.2, 0.25) is 5.91 Å². The van der Waals surface area contributed by atoms with E-state index < -0.39 is 11.9 Å². The molecule has 0 aliphatic heterocycles. The first-order chi connectivity index (χ1) is 8.43. The van der Waals surface area contributed by atoms with Crippen molar-refractivity contribution in [3.8, 4) is 0 Å². The van der Waals surface area contributed by atoms with Crippen LogP contribution in [0.15, 0.2) is 0 Å². The van der Waals surface area contributed by atoms with Crippen LogP contribution < -0.4 is 5.32 Å². The van der Waals surface area contributed by atoms with Crippen molar-refractivity contribution < 1.29 is 24.6 Å². The van der Waals surface area contributed by atoms with Crippen LogP contribution in [0.5, 0.6) is 0 Å². The van der Waals surface area contributed by atoms with Gasteiger partial charge in [0.25, 0.3) is 0 Å². The maximum absolute atomic E-state index is 10.3. The van der Waals surface area contributed by atoms with Gasteiger partial charge in [0, 0.05) is 19.2 Å². The molecule has 0 aromatic rings. The lowest BCUT2D eigenvalue weighted by Gasteiger charge is -1.93. The molecule has 0 unspecified atom stereocenters. The third-order valence-corrected chi connectivity index (χ3v) is 1.98. The van der Waals surface area contributed by atoms with E-state index in [2.05, 4.69) is 5.32 Å². The van der Waals surface area contributed by atoms with E-state index in [0.717, 1.165) is 5.75 Å². The minimum absolute atomic E-state index is 0.0613. The van der Waals surface area contributed by atoms with Gasteiger partial charge in [-0.25, -0.2) is 0 Å². The van der Waals surface area contributed by atoms with Gasteiger partial charge < -0.3 is 15.5 Å². The molecular weight excluding hydrogens is 258 g/mol. The normalized spacial score (nSPS) is 8.00. The Labute approximate surface area is 112 Å². The van der Waals surface area contributed by atoms with Crippen LogP contribution in [0, 0.1) is 0 Å². The Kier molecular flexibility index (Phi) is 22.1. The predicted molar refractivity (Wildman–Crippen MR) is 72.9 cm³/mol. The smallest absolute Gasteiger partial charge is 0.304 e. The molecule has 18 heavy (non-hydrogen) atoms. The summed E-state index contributed by atoms with van der Waals surface area (Å²) < 4.78 is 0. The predicted octanol–water partition coefficient (Wildman–Crippen LogP) is 1.45. The summed E-state index contributed by atoms with van der Waals surface area (Å²) in [6.45, 7) is 4.00. The lowest BCUT2D eigenvalue weighted by molar-refractivity contribution is -0.139. The van der Waals surface area contributed by atoms with Gasteiger partial charge in [0.15, 0.2) is 0 Å². The largest absolute Gasteiger partial charge is 0.481 e. The standard InChI is InChI=1S/C5H9NO3.C4H8O2S.C2H6/c1-6-4(7)2-3-5(8)9;1-7-3-2-4(5)6;1-2/h2-3H2,1H3,(H,6,7)(H,8,9);2-3H2,1H3,(H,5,6);1-2H3. The third-order valence-electron chi connectivity index (χ3n) is 1.36. The zero-order chi connectivity index (χ0) is 15.0. The number of rotatable bonds is 6. The molecule has 0 aromatic heterocycles. The van der Waals surface area contributed by atoms with E-state index in [9.17, 15) is 14.4 Å². The Balaban J connectivity index is -0.000000225. The molecule has 0 spiro atoms. The molecule has 0 atom stereocenters. The van der Waals surface area contributed by atoms with E-state index in [0.29, 0.717) is 0 Å². The average Bonchev–Trinajstić information content (AvgIpc) is 2.36. The minimum Gasteiger partial charge on any atom is -0.481 e. The summed E-state index contributed by atoms with van der Waals surface area (Å²) in [6, 6.07) is 0. The van der Waals surface area contributed by atoms with Gasteiger partial charge in [-0.3, -0.25) is 14.4 Å². The first-order valence-electron chi connectivity index (χ1n) is 5.57. The van der Waals surface area contributed by atoms with E-state index in [4.69, 9.17) is 10.2 Å². The zero-order valence-electron chi connectivity index (χ0n) is 11.4. The lowest BCUT2D eigenvalue weighted by Crippen LogP contribution is -2.18. The van der Waals surface area contributed by atoms with Crippen molar-refractivity contribution >= 4 is 29.6 Å². The minimum atomic E-state index is -0.946. The van der Waals surface area contributed by atoms with Gasteiger partial charge in [-0.15, -0.1) is 0 Å². The molecule has 0 bridgehead atoms. The summed E-state index contributed by atoms with van der Waals surface area (Å²) in [5.74, 6) is -1.18. The highest BCUT2D eigenvalue weighted by Crippen LogP contribution is 1.93. The first-order valence-corrected chi connectivity index (χ1v) is 6.96. The number of nitrogens with one attached hydrogen (secondary N) is 1. The first kappa shape index (κ1) is 22.0. The number of carbonyl (C=O) groups excluding carboxylic acids is 1. The molecule has 0 fully saturated rings. The van der Waals surface area contributed by atoms with Crippen molar-refractivity contribution in [2.75, 3.05) is 19.1 Å². The molecule has 6 nitrogen and oxygen atoms in total. The Morgan fingerprint density at radius 2 is 1.44 bits per heavy atom. The van der Waals surface area contributed by atoms with E-state index in [1.165, 1.54) is 7.05 Å². The molecule has 1 amide bonds. The number of thioether (sulfide) groups is 1. The van der Waals surface area contributed by atoms with Gasteiger partial charge in [-0.05, 0) is 6.26 Å². The van der Waals surface area contributed by atoms with Crippen molar-refractivity contribution in [3.63, 3.8) is 0 Å². The molecule has 108 valence electrons. The number of amides is 1. The van der Waals surface area contributed by atoms with Gasteiger partial charge in [-0.2, -0.15) is 11.8 Å². The fourth-order valence-corrected chi connectivity index (χ4v) is 0.914. The van der Waals surface area contributed by atoms with Crippen LogP contribution in [-0.4, -0.2) is 47.1 Å². The molecule has 0 saturated carbocycles. The fourth-order valence-electron chi connectivity index (χ4n) is 0.535. The molecule has 0 rings (SSSR count). The number of hydrogen-bond donors (Lipinski definition) is 3. The van der Waals surface area contributed by atoms with E-state index in [1.54, 1.807) is 11.8 Å². The number of aliphatic carboxylic acids is 2. The molecule has 3 N–H and O–H groups in total. The topological polar surface area (TPSA) is 104 Å². The van der Waals surface area contributed by atoms with Crippen LogP contribution in [-0.2, 0) is 14.4 Å². The van der Waals surface area contributed by atoms with Crippen molar-refractivity contribution in [2.24, 2.45) is 0 Å². The van der Waals surface area contributed by atoms with E-state index >= 15 is 0 Å². The summed E-state index contributed by atoms with van der Waals surface area (Å²) >= 11 is 1.55. The second-order valence-corrected chi connectivity index (χ2v) is 3.69. The van der Waals surface area contributed by atoms with E-state index in [1.807, 2.05) is 20.1 Å². The quantitative estimate of drug-likeness (QED) is 0.680. The van der Waals surface area contributed by atoms with Crippen LogP contribution in [0.2, 0.25) is 0 Å². The molecule has 0 radical (unpaired) electrons. The number of hydrogen-bond acceptors (Lipinski definition) is 4. The van der Waals surface area contributed by atoms with Crippen molar-refractivity contribution in [2.45, 2.75) is 33.1 Å². The highest BCUT2D eigenvalue weighted by molar-refractivity contribution is 7.98. The molecule has 0 aliphatic rings. The van der Waals surface area contributed by atoms with Gasteiger partial charge >= 0.3 is 11.9 Å². The average molecular weight is 281 g/mol. The Bertz CT molecular complexity index is 233. The molecule has 7 heteroatoms. The van der Waals surface area contributed by atoms with Crippen molar-refractivity contribution in [1.29, 1.82) is 0 Å². The van der Waals surface area contributed by atoms with Crippen LogP contribution in [0.1, 0.15) is 33.1 Å². The number of carboxylic acid groups (broad SMARTS) is 2. The lowest BCUT2D eigenvalue weighted by atomic mass is 10.3. The third kappa shape index (κ3) is 29.3. The second kappa shape index (κ2) is 18.1. The highest BCUT2D eigenvalue weighted by Gasteiger charge is 2.01. The Morgan fingerprint density at radius 3 is 1.67 bits per heavy atom. The van der Waals surface area contributed by atoms with Crippen LogP contribution in [0.4, 0.5) is 0 Å². The Morgan fingerprint density at radius 1 is 1.00 bits per heavy atom. The van der Waals surface area contributed by atoms with Crippen molar-refractivity contribution in [3.05, 3.63) is 0 Å². The summed E-state index contributed by atoms with van der Waals surface area (Å²) in [6.07, 6.45) is 2.13. The maximum atomic E-state index is 10.3. The monoisotopic (exact) mass is 281 g/mol. The molecule has 0 aliphatic carbocycles. The zero-order valence-corrected chi connectivity index (χ0v) is 12.2. The second-order valence-electron chi connectivity index (χ2n) is 2.70. The SMILES string of the molecule is CC.CNC(=O)CCC(=O)O.CSCCC(=O)O. The van der Waals surface area contributed by atoms with Gasteiger partial charge in [0.1, 0.15) is 0 Å². The molecule has 0 saturated heterocycles. The summed E-state index contributed by atoms with van der Waals surface area (Å²) in [4.78, 5) is 29.9. The van der Waals surface area contributed by atoms with Gasteiger partial charge in [-0.1, -0.05) is 13.8 Å². The summed E-state index contributed by atoms with van der Waals surface area (Å²) in [5, 5.41) is 18.4. The molecular formula is C11H23NO5S. The van der Waals surface area contributed by atoms with E-state index in [-0.39, 0.29) is 25.2 Å². The van der Waals surface area contributed by atoms with Crippen LogP contribution in [0.3, 0.4) is 0 Å². The number of carbonyl (C=O) groups is 3. The van der Waals surface area contributed by atoms with Crippen molar-refractivity contribution in [1.82, 2.24) is 5.32 Å². The number of carboxylic acids is 2. The molecule has 0 aromatic carbocycles. The van der Waals surface area contributed by atoms with Crippen LogP contribution in [0.25, 0.3) is 0 Å². The maximum Gasteiger partial charge on any atom is 0.304 e. The summed E-state index contributed by atoms with van der Waals surface area (Å²) in [7, 11) is 1.48.